The lowest BCUT2D eigenvalue weighted by atomic mass is 10.1. The predicted molar refractivity (Wildman–Crippen MR) is 116 cm³/mol. The van der Waals surface area contributed by atoms with Crippen molar-refractivity contribution in [1.82, 2.24) is 19.2 Å². The standard InChI is InChI=1S/C18H25N5O3S3/c24-17(21-18-20-14(13-28-18)12-22-4-2-1-3-5-22)16-10-15(11-19-16)29(25,26)23-6-8-27-9-7-23/h10-11,13,19H,1-9,12H2,(H,20,21,24). The van der Waals surface area contributed by atoms with E-state index < -0.39 is 10.0 Å². The summed E-state index contributed by atoms with van der Waals surface area (Å²) < 4.78 is 26.9. The van der Waals surface area contributed by atoms with Crippen molar-refractivity contribution in [3.05, 3.63) is 29.0 Å². The Morgan fingerprint density at radius 1 is 1.17 bits per heavy atom. The summed E-state index contributed by atoms with van der Waals surface area (Å²) in [5.74, 6) is 1.20. The Balaban J connectivity index is 1.38. The number of hydrogen-bond acceptors (Lipinski definition) is 7. The van der Waals surface area contributed by atoms with Gasteiger partial charge in [-0.15, -0.1) is 11.3 Å². The van der Waals surface area contributed by atoms with E-state index >= 15 is 0 Å². The molecule has 0 unspecified atom stereocenters. The lowest BCUT2D eigenvalue weighted by Gasteiger charge is -2.25. The molecule has 4 rings (SSSR count). The third-order valence-corrected chi connectivity index (χ3v) is 8.74. The molecule has 0 spiro atoms. The van der Waals surface area contributed by atoms with Crippen molar-refractivity contribution < 1.29 is 13.2 Å². The Morgan fingerprint density at radius 3 is 2.69 bits per heavy atom. The number of hydrogen-bond donors (Lipinski definition) is 2. The van der Waals surface area contributed by atoms with E-state index in [4.69, 9.17) is 0 Å². The van der Waals surface area contributed by atoms with Gasteiger partial charge in [-0.25, -0.2) is 13.4 Å². The molecule has 2 aromatic heterocycles. The zero-order valence-electron chi connectivity index (χ0n) is 16.1. The zero-order valence-corrected chi connectivity index (χ0v) is 18.5. The molecule has 0 aromatic carbocycles. The number of H-pyrrole nitrogens is 1. The predicted octanol–water partition coefficient (Wildman–Crippen LogP) is 2.45. The first-order valence-electron chi connectivity index (χ1n) is 9.77. The number of aromatic amines is 1. The molecule has 2 saturated heterocycles. The summed E-state index contributed by atoms with van der Waals surface area (Å²) in [6, 6.07) is 1.40. The van der Waals surface area contributed by atoms with Crippen molar-refractivity contribution in [1.29, 1.82) is 0 Å². The molecule has 0 atom stereocenters. The van der Waals surface area contributed by atoms with E-state index in [-0.39, 0.29) is 16.5 Å². The minimum absolute atomic E-state index is 0.125. The number of nitrogens with one attached hydrogen (secondary N) is 2. The van der Waals surface area contributed by atoms with Gasteiger partial charge in [0.1, 0.15) is 10.6 Å². The number of sulfonamides is 1. The summed E-state index contributed by atoms with van der Waals surface area (Å²) in [6.07, 6.45) is 5.12. The summed E-state index contributed by atoms with van der Waals surface area (Å²) in [5.41, 5.74) is 1.16. The molecule has 0 saturated carbocycles. The number of thiazole rings is 1. The second-order valence-corrected chi connectivity index (χ2v) is 11.2. The molecule has 2 aliphatic rings. The monoisotopic (exact) mass is 455 g/mol. The summed E-state index contributed by atoms with van der Waals surface area (Å²) in [4.78, 5) is 22.3. The number of nitrogens with zero attached hydrogens (tertiary/aromatic N) is 3. The van der Waals surface area contributed by atoms with Crippen LogP contribution in [0.5, 0.6) is 0 Å². The third-order valence-electron chi connectivity index (χ3n) is 5.12. The number of rotatable bonds is 6. The maximum absolute atomic E-state index is 12.7. The lowest BCUT2D eigenvalue weighted by molar-refractivity contribution is 0.102. The molecular weight excluding hydrogens is 430 g/mol. The fourth-order valence-electron chi connectivity index (χ4n) is 3.54. The molecule has 11 heteroatoms. The average Bonchev–Trinajstić information content (AvgIpc) is 3.40. The number of thioether (sulfide) groups is 1. The van der Waals surface area contributed by atoms with E-state index in [2.05, 4.69) is 20.2 Å². The van der Waals surface area contributed by atoms with Crippen molar-refractivity contribution in [3.8, 4) is 0 Å². The first kappa shape index (κ1) is 20.9. The highest BCUT2D eigenvalue weighted by molar-refractivity contribution is 7.99. The summed E-state index contributed by atoms with van der Waals surface area (Å²) >= 11 is 3.13. The molecule has 0 aliphatic carbocycles. The molecule has 2 aromatic rings. The van der Waals surface area contributed by atoms with E-state index in [1.54, 1.807) is 11.8 Å². The van der Waals surface area contributed by atoms with Gasteiger partial charge in [0.15, 0.2) is 5.13 Å². The van der Waals surface area contributed by atoms with E-state index in [0.29, 0.717) is 18.2 Å². The van der Waals surface area contributed by atoms with Crippen molar-refractivity contribution in [2.45, 2.75) is 30.7 Å². The molecule has 2 fully saturated rings. The Morgan fingerprint density at radius 2 is 1.93 bits per heavy atom. The molecule has 2 aliphatic heterocycles. The second-order valence-electron chi connectivity index (χ2n) is 7.20. The summed E-state index contributed by atoms with van der Waals surface area (Å²) in [6.45, 7) is 3.98. The SMILES string of the molecule is O=C(Nc1nc(CN2CCCCC2)cs1)c1cc(S(=O)(=O)N2CCSCC2)c[nH]1. The van der Waals surface area contributed by atoms with Crippen LogP contribution in [0.3, 0.4) is 0 Å². The van der Waals surface area contributed by atoms with E-state index in [1.807, 2.05) is 5.38 Å². The van der Waals surface area contributed by atoms with Crippen molar-refractivity contribution in [3.63, 3.8) is 0 Å². The van der Waals surface area contributed by atoms with Gasteiger partial charge in [-0.2, -0.15) is 16.1 Å². The van der Waals surface area contributed by atoms with Gasteiger partial charge in [0.25, 0.3) is 5.91 Å². The van der Waals surface area contributed by atoms with E-state index in [0.717, 1.165) is 36.8 Å². The minimum atomic E-state index is -3.57. The van der Waals surface area contributed by atoms with Crippen molar-refractivity contribution in [2.75, 3.05) is 43.0 Å². The van der Waals surface area contributed by atoms with E-state index in [1.165, 1.54) is 47.2 Å². The number of anilines is 1. The number of piperidine rings is 1. The fourth-order valence-corrected chi connectivity index (χ4v) is 6.81. The van der Waals surface area contributed by atoms with Crippen LogP contribution in [0.25, 0.3) is 0 Å². The Hall–Kier alpha value is -1.40. The summed E-state index contributed by atoms with van der Waals surface area (Å²) in [5, 5.41) is 5.25. The van der Waals surface area contributed by atoms with Crippen LogP contribution in [-0.4, -0.2) is 71.2 Å². The van der Waals surface area contributed by atoms with Gasteiger partial charge in [-0.3, -0.25) is 15.0 Å². The van der Waals surface area contributed by atoms with Crippen molar-refractivity contribution in [2.24, 2.45) is 0 Å². The highest BCUT2D eigenvalue weighted by Crippen LogP contribution is 2.22. The third kappa shape index (κ3) is 5.02. The number of carbonyl (C=O) groups excluding carboxylic acids is 1. The zero-order chi connectivity index (χ0) is 20.3. The molecule has 4 heterocycles. The Labute approximate surface area is 179 Å². The molecule has 0 bridgehead atoms. The topological polar surface area (TPSA) is 98.4 Å². The molecule has 29 heavy (non-hydrogen) atoms. The molecule has 158 valence electrons. The maximum atomic E-state index is 12.7. The molecule has 0 radical (unpaired) electrons. The normalized spacial score (nSPS) is 19.3. The first-order chi connectivity index (χ1) is 14.0. The number of likely N-dealkylation sites (tertiary alicyclic amines) is 1. The van der Waals surface area contributed by atoms with Crippen LogP contribution in [0.4, 0.5) is 5.13 Å². The van der Waals surface area contributed by atoms with Crippen LogP contribution in [0, 0.1) is 0 Å². The summed E-state index contributed by atoms with van der Waals surface area (Å²) in [7, 11) is -3.57. The molecule has 2 N–H and O–H groups in total. The fraction of sp³-hybridized carbons (Fsp3) is 0.556. The largest absolute Gasteiger partial charge is 0.356 e. The highest BCUT2D eigenvalue weighted by atomic mass is 32.2. The maximum Gasteiger partial charge on any atom is 0.273 e. The number of carbonyl (C=O) groups is 1. The number of aromatic nitrogens is 2. The smallest absolute Gasteiger partial charge is 0.273 e. The van der Waals surface area contributed by atoms with Crippen LogP contribution in [-0.2, 0) is 16.6 Å². The second kappa shape index (κ2) is 9.17. The molecular formula is C18H25N5O3S3. The van der Waals surface area contributed by atoms with Crippen molar-refractivity contribution >= 4 is 44.2 Å². The van der Waals surface area contributed by atoms with Crippen LogP contribution in [0.2, 0.25) is 0 Å². The lowest BCUT2D eigenvalue weighted by Crippen LogP contribution is -2.37. The van der Waals surface area contributed by atoms with Gasteiger partial charge >= 0.3 is 0 Å². The van der Waals surface area contributed by atoms with Gasteiger partial charge < -0.3 is 4.98 Å². The number of amides is 1. The van der Waals surface area contributed by atoms with Gasteiger partial charge in [0, 0.05) is 42.7 Å². The average molecular weight is 456 g/mol. The first-order valence-corrected chi connectivity index (χ1v) is 13.2. The Kier molecular flexibility index (Phi) is 6.60. The molecule has 8 nitrogen and oxygen atoms in total. The quantitative estimate of drug-likeness (QED) is 0.694. The van der Waals surface area contributed by atoms with Gasteiger partial charge in [0.05, 0.1) is 5.69 Å². The van der Waals surface area contributed by atoms with E-state index in [9.17, 15) is 13.2 Å². The van der Waals surface area contributed by atoms with Crippen LogP contribution in [0.1, 0.15) is 35.4 Å². The van der Waals surface area contributed by atoms with Gasteiger partial charge in [0.2, 0.25) is 10.0 Å². The highest BCUT2D eigenvalue weighted by Gasteiger charge is 2.28. The van der Waals surface area contributed by atoms with Crippen LogP contribution >= 0.6 is 23.1 Å². The molecule has 1 amide bonds. The Bertz CT molecular complexity index is 944. The minimum Gasteiger partial charge on any atom is -0.356 e. The van der Waals surface area contributed by atoms with Gasteiger partial charge in [-0.1, -0.05) is 6.42 Å². The van der Waals surface area contributed by atoms with Gasteiger partial charge in [-0.05, 0) is 32.0 Å². The van der Waals surface area contributed by atoms with Crippen LogP contribution in [0.15, 0.2) is 22.5 Å². The van der Waals surface area contributed by atoms with Crippen LogP contribution < -0.4 is 5.32 Å².